The first-order valence-corrected chi connectivity index (χ1v) is 7.72. The summed E-state index contributed by atoms with van der Waals surface area (Å²) in [4.78, 5) is 4.13. The Bertz CT molecular complexity index is 374. The molecule has 1 unspecified atom stereocenters. The van der Waals surface area contributed by atoms with E-state index in [0.717, 1.165) is 18.6 Å². The summed E-state index contributed by atoms with van der Waals surface area (Å²) in [5, 5.41) is 13.0. The van der Waals surface area contributed by atoms with E-state index >= 15 is 0 Å². The van der Waals surface area contributed by atoms with Crippen LogP contribution < -0.4 is 10.1 Å². The quantitative estimate of drug-likeness (QED) is 0.579. The molecule has 2 N–H and O–H groups in total. The van der Waals surface area contributed by atoms with Gasteiger partial charge >= 0.3 is 0 Å². The number of pyridine rings is 1. The second kappa shape index (κ2) is 11.5. The van der Waals surface area contributed by atoms with Crippen molar-refractivity contribution in [2.75, 3.05) is 26.9 Å². The van der Waals surface area contributed by atoms with Crippen LogP contribution in [0.4, 0.5) is 0 Å². The fourth-order valence-electron chi connectivity index (χ4n) is 2.03. The lowest BCUT2D eigenvalue weighted by Gasteiger charge is -2.13. The maximum atomic E-state index is 9.82. The van der Waals surface area contributed by atoms with Crippen molar-refractivity contribution in [2.24, 2.45) is 0 Å². The number of rotatable bonds is 12. The van der Waals surface area contributed by atoms with Crippen LogP contribution in [0.2, 0.25) is 0 Å². The van der Waals surface area contributed by atoms with Crippen LogP contribution >= 0.6 is 0 Å². The van der Waals surface area contributed by atoms with E-state index in [0.29, 0.717) is 25.6 Å². The van der Waals surface area contributed by atoms with Crippen LogP contribution in [0, 0.1) is 0 Å². The maximum absolute atomic E-state index is 9.82. The minimum absolute atomic E-state index is 0.378. The molecule has 0 saturated heterocycles. The Balaban J connectivity index is 2.09. The van der Waals surface area contributed by atoms with Gasteiger partial charge in [-0.3, -0.25) is 0 Å². The fourth-order valence-corrected chi connectivity index (χ4v) is 2.03. The summed E-state index contributed by atoms with van der Waals surface area (Å²) < 4.78 is 10.6. The van der Waals surface area contributed by atoms with Crippen molar-refractivity contribution >= 4 is 0 Å². The van der Waals surface area contributed by atoms with Gasteiger partial charge in [0.25, 0.3) is 0 Å². The largest absolute Gasteiger partial charge is 0.481 e. The van der Waals surface area contributed by atoms with Crippen molar-refractivity contribution in [3.63, 3.8) is 0 Å². The number of ether oxygens (including phenoxy) is 2. The zero-order valence-electron chi connectivity index (χ0n) is 13.2. The van der Waals surface area contributed by atoms with Crippen molar-refractivity contribution < 1.29 is 14.6 Å². The summed E-state index contributed by atoms with van der Waals surface area (Å²) in [6.45, 7) is 4.40. The SMILES string of the molecule is CCCCCCOCC(O)CNCc1cccnc1OC. The first kappa shape index (κ1) is 17.9. The number of aromatic nitrogens is 1. The molecule has 1 aromatic rings. The molecular formula is C16H28N2O3. The number of hydrogen-bond acceptors (Lipinski definition) is 5. The molecule has 0 amide bonds. The fraction of sp³-hybridized carbons (Fsp3) is 0.688. The predicted molar refractivity (Wildman–Crippen MR) is 83.5 cm³/mol. The summed E-state index contributed by atoms with van der Waals surface area (Å²) in [6, 6.07) is 3.82. The van der Waals surface area contributed by atoms with E-state index in [4.69, 9.17) is 9.47 Å². The van der Waals surface area contributed by atoms with E-state index in [1.807, 2.05) is 12.1 Å². The molecule has 120 valence electrons. The number of aliphatic hydroxyl groups is 1. The van der Waals surface area contributed by atoms with Gasteiger partial charge in [-0.2, -0.15) is 0 Å². The van der Waals surface area contributed by atoms with Gasteiger partial charge in [0.05, 0.1) is 19.8 Å². The third-order valence-electron chi connectivity index (χ3n) is 3.19. The second-order valence-corrected chi connectivity index (χ2v) is 5.09. The van der Waals surface area contributed by atoms with E-state index in [1.165, 1.54) is 19.3 Å². The van der Waals surface area contributed by atoms with Crippen LogP contribution in [0.25, 0.3) is 0 Å². The van der Waals surface area contributed by atoms with Crippen LogP contribution in [-0.4, -0.2) is 43.1 Å². The average Bonchev–Trinajstić information content (AvgIpc) is 2.51. The van der Waals surface area contributed by atoms with Gasteiger partial charge in [-0.1, -0.05) is 32.3 Å². The zero-order chi connectivity index (χ0) is 15.3. The standard InChI is InChI=1S/C16H28N2O3/c1-3-4-5-6-10-21-13-15(19)12-17-11-14-8-7-9-18-16(14)20-2/h7-9,15,17,19H,3-6,10-13H2,1-2H3. The number of aliphatic hydroxyl groups excluding tert-OH is 1. The lowest BCUT2D eigenvalue weighted by atomic mass is 10.2. The zero-order valence-corrected chi connectivity index (χ0v) is 13.2. The maximum Gasteiger partial charge on any atom is 0.217 e. The highest BCUT2D eigenvalue weighted by molar-refractivity contribution is 5.24. The lowest BCUT2D eigenvalue weighted by Crippen LogP contribution is -2.30. The Morgan fingerprint density at radius 2 is 2.19 bits per heavy atom. The number of unbranched alkanes of at least 4 members (excludes halogenated alkanes) is 3. The molecule has 1 atom stereocenters. The molecule has 0 bridgehead atoms. The molecule has 0 saturated carbocycles. The third kappa shape index (κ3) is 7.99. The summed E-state index contributed by atoms with van der Waals surface area (Å²) in [5.41, 5.74) is 0.979. The highest BCUT2D eigenvalue weighted by atomic mass is 16.5. The molecule has 5 nitrogen and oxygen atoms in total. The molecule has 1 aromatic heterocycles. The van der Waals surface area contributed by atoms with E-state index < -0.39 is 6.10 Å². The number of hydrogen-bond donors (Lipinski definition) is 2. The summed E-state index contributed by atoms with van der Waals surface area (Å²) >= 11 is 0. The van der Waals surface area contributed by atoms with Crippen LogP contribution in [-0.2, 0) is 11.3 Å². The average molecular weight is 296 g/mol. The highest BCUT2D eigenvalue weighted by Gasteiger charge is 2.06. The van der Waals surface area contributed by atoms with Crippen LogP contribution in [0.5, 0.6) is 5.88 Å². The van der Waals surface area contributed by atoms with Gasteiger partial charge in [0.2, 0.25) is 5.88 Å². The number of methoxy groups -OCH3 is 1. The molecule has 0 aliphatic carbocycles. The molecule has 21 heavy (non-hydrogen) atoms. The molecule has 5 heteroatoms. The molecule has 0 spiro atoms. The molecular weight excluding hydrogens is 268 g/mol. The first-order chi connectivity index (χ1) is 10.3. The Kier molecular flexibility index (Phi) is 9.78. The monoisotopic (exact) mass is 296 g/mol. The van der Waals surface area contributed by atoms with Gasteiger partial charge in [0.1, 0.15) is 0 Å². The minimum atomic E-state index is -0.487. The summed E-state index contributed by atoms with van der Waals surface area (Å²) in [5.74, 6) is 0.617. The van der Waals surface area contributed by atoms with Gasteiger partial charge in [-0.05, 0) is 12.5 Å². The van der Waals surface area contributed by atoms with Gasteiger partial charge < -0.3 is 19.9 Å². The van der Waals surface area contributed by atoms with E-state index in [2.05, 4.69) is 17.2 Å². The van der Waals surface area contributed by atoms with Gasteiger partial charge in [0, 0.05) is 31.5 Å². The van der Waals surface area contributed by atoms with Crippen LogP contribution in [0.15, 0.2) is 18.3 Å². The van der Waals surface area contributed by atoms with Crippen LogP contribution in [0.3, 0.4) is 0 Å². The van der Waals surface area contributed by atoms with Crippen LogP contribution in [0.1, 0.15) is 38.2 Å². The van der Waals surface area contributed by atoms with E-state index in [-0.39, 0.29) is 0 Å². The molecule has 0 radical (unpaired) electrons. The lowest BCUT2D eigenvalue weighted by molar-refractivity contribution is 0.0353. The Morgan fingerprint density at radius 3 is 2.95 bits per heavy atom. The summed E-state index contributed by atoms with van der Waals surface area (Å²) in [7, 11) is 1.60. The van der Waals surface area contributed by atoms with Crippen molar-refractivity contribution in [3.05, 3.63) is 23.9 Å². The molecule has 0 aliphatic rings. The molecule has 0 aliphatic heterocycles. The molecule has 1 rings (SSSR count). The normalized spacial score (nSPS) is 12.3. The molecule has 0 fully saturated rings. The smallest absolute Gasteiger partial charge is 0.217 e. The van der Waals surface area contributed by atoms with E-state index in [9.17, 15) is 5.11 Å². The van der Waals surface area contributed by atoms with Crippen molar-refractivity contribution in [1.29, 1.82) is 0 Å². The molecule has 1 heterocycles. The first-order valence-electron chi connectivity index (χ1n) is 7.72. The Morgan fingerprint density at radius 1 is 1.33 bits per heavy atom. The van der Waals surface area contributed by atoms with Crippen molar-refractivity contribution in [3.8, 4) is 5.88 Å². The van der Waals surface area contributed by atoms with Crippen molar-refractivity contribution in [2.45, 2.75) is 45.3 Å². The van der Waals surface area contributed by atoms with Gasteiger partial charge in [0.15, 0.2) is 0 Å². The number of nitrogens with one attached hydrogen (secondary N) is 1. The number of nitrogens with zero attached hydrogens (tertiary/aromatic N) is 1. The summed E-state index contributed by atoms with van der Waals surface area (Å²) in [6.07, 6.45) is 5.96. The predicted octanol–water partition coefficient (Wildman–Crippen LogP) is 2.14. The van der Waals surface area contributed by atoms with Crippen molar-refractivity contribution in [1.82, 2.24) is 10.3 Å². The van der Waals surface area contributed by atoms with Gasteiger partial charge in [-0.25, -0.2) is 4.98 Å². The minimum Gasteiger partial charge on any atom is -0.481 e. The Labute approximate surface area is 127 Å². The van der Waals surface area contributed by atoms with Gasteiger partial charge in [-0.15, -0.1) is 0 Å². The highest BCUT2D eigenvalue weighted by Crippen LogP contribution is 2.12. The molecule has 0 aromatic carbocycles. The Hall–Kier alpha value is -1.17. The third-order valence-corrected chi connectivity index (χ3v) is 3.19. The topological polar surface area (TPSA) is 63.6 Å². The second-order valence-electron chi connectivity index (χ2n) is 5.09. The van der Waals surface area contributed by atoms with E-state index in [1.54, 1.807) is 13.3 Å².